The zero-order valence-corrected chi connectivity index (χ0v) is 12.1. The topological polar surface area (TPSA) is 160 Å². The Morgan fingerprint density at radius 2 is 1.90 bits per heavy atom. The minimum Gasteiger partial charge on any atom is -0.370 e. The van der Waals surface area contributed by atoms with E-state index in [0.717, 1.165) is 0 Å². The van der Waals surface area contributed by atoms with Gasteiger partial charge in [0.2, 0.25) is 5.91 Å². The lowest BCUT2D eigenvalue weighted by atomic mass is 10.0. The molecule has 1 amide bonds. The lowest BCUT2D eigenvalue weighted by molar-refractivity contribution is -0.128. The fourth-order valence-electron chi connectivity index (χ4n) is 1.72. The molecule has 2 atom stereocenters. The van der Waals surface area contributed by atoms with E-state index < -0.39 is 24.3 Å². The quantitative estimate of drug-likeness (QED) is 0.127. The van der Waals surface area contributed by atoms with E-state index in [1.54, 1.807) is 0 Å². The van der Waals surface area contributed by atoms with E-state index in [-0.39, 0.29) is 11.9 Å². The second-order valence-corrected chi connectivity index (χ2v) is 5.21. The first-order valence-corrected chi connectivity index (χ1v) is 6.71. The zero-order chi connectivity index (χ0) is 15.7. The Hall–Kier alpha value is -1.38. The SMILES string of the molecule is CC(C)C[C@H](N)C(=O)N[C@@H](CCCN=C(N)N)C(O)O. The first kappa shape index (κ1) is 18.6. The molecule has 0 aliphatic heterocycles. The number of carbonyl (C=O) groups excluding carboxylic acids is 1. The molecule has 0 saturated heterocycles. The average Bonchev–Trinajstić information content (AvgIpc) is 2.31. The van der Waals surface area contributed by atoms with Crippen molar-refractivity contribution < 1.29 is 15.0 Å². The summed E-state index contributed by atoms with van der Waals surface area (Å²) in [5, 5.41) is 21.0. The molecule has 0 aliphatic rings. The van der Waals surface area contributed by atoms with Crippen LogP contribution in [0.2, 0.25) is 0 Å². The highest BCUT2D eigenvalue weighted by atomic mass is 16.5. The second kappa shape index (κ2) is 9.51. The summed E-state index contributed by atoms with van der Waals surface area (Å²) in [5.74, 6) is -0.122. The minimum atomic E-state index is -1.65. The summed E-state index contributed by atoms with van der Waals surface area (Å²) in [5.41, 5.74) is 16.1. The fraction of sp³-hybridized carbons (Fsp3) is 0.833. The molecule has 0 heterocycles. The number of nitrogens with two attached hydrogens (primary N) is 3. The average molecular weight is 289 g/mol. The molecule has 9 N–H and O–H groups in total. The summed E-state index contributed by atoms with van der Waals surface area (Å²) in [4.78, 5) is 15.6. The number of nitrogens with one attached hydrogen (secondary N) is 1. The molecule has 0 unspecified atom stereocenters. The number of hydrogen-bond acceptors (Lipinski definition) is 5. The van der Waals surface area contributed by atoms with Crippen LogP contribution in [0.3, 0.4) is 0 Å². The van der Waals surface area contributed by atoms with Crippen LogP contribution in [0.15, 0.2) is 4.99 Å². The van der Waals surface area contributed by atoms with Gasteiger partial charge in [-0.2, -0.15) is 0 Å². The number of carbonyl (C=O) groups is 1. The second-order valence-electron chi connectivity index (χ2n) is 5.21. The number of nitrogens with zero attached hydrogens (tertiary/aromatic N) is 1. The number of amides is 1. The van der Waals surface area contributed by atoms with E-state index in [1.165, 1.54) is 0 Å². The Bertz CT molecular complexity index is 316. The Morgan fingerprint density at radius 3 is 2.35 bits per heavy atom. The summed E-state index contributed by atoms with van der Waals surface area (Å²) < 4.78 is 0. The van der Waals surface area contributed by atoms with E-state index in [0.29, 0.717) is 25.8 Å². The molecule has 0 rings (SSSR count). The van der Waals surface area contributed by atoms with Crippen LogP contribution >= 0.6 is 0 Å². The molecule has 0 saturated carbocycles. The number of guanidine groups is 1. The van der Waals surface area contributed by atoms with Gasteiger partial charge in [0.25, 0.3) is 0 Å². The third-order valence-electron chi connectivity index (χ3n) is 2.72. The first-order chi connectivity index (χ1) is 9.23. The van der Waals surface area contributed by atoms with Crippen LogP contribution in [-0.4, -0.2) is 47.0 Å². The van der Waals surface area contributed by atoms with Gasteiger partial charge in [-0.25, -0.2) is 0 Å². The monoisotopic (exact) mass is 289 g/mol. The van der Waals surface area contributed by atoms with Gasteiger partial charge in [-0.05, 0) is 25.2 Å². The third kappa shape index (κ3) is 8.68. The van der Waals surface area contributed by atoms with Gasteiger partial charge in [-0.3, -0.25) is 9.79 Å². The van der Waals surface area contributed by atoms with Gasteiger partial charge in [0.1, 0.15) is 0 Å². The van der Waals surface area contributed by atoms with Crippen molar-refractivity contribution in [1.29, 1.82) is 0 Å². The summed E-state index contributed by atoms with van der Waals surface area (Å²) >= 11 is 0. The molecule has 0 aliphatic carbocycles. The normalized spacial score (nSPS) is 14.2. The predicted molar refractivity (Wildman–Crippen MR) is 77.5 cm³/mol. The molecule has 0 aromatic heterocycles. The van der Waals surface area contributed by atoms with Crippen molar-refractivity contribution in [3.63, 3.8) is 0 Å². The standard InChI is InChI=1S/C12H27N5O3/c1-7(2)6-8(13)10(18)17-9(11(19)20)4-3-5-16-12(14)15/h7-9,11,19-20H,3-6,13H2,1-2H3,(H,17,18)(H4,14,15,16)/t8-,9-/m0/s1. The maximum absolute atomic E-state index is 11.8. The molecule has 8 heteroatoms. The van der Waals surface area contributed by atoms with Gasteiger partial charge < -0.3 is 32.7 Å². The Kier molecular flexibility index (Phi) is 8.86. The van der Waals surface area contributed by atoms with E-state index in [9.17, 15) is 15.0 Å². The molecule has 0 spiro atoms. The van der Waals surface area contributed by atoms with Crippen molar-refractivity contribution in [3.8, 4) is 0 Å². The van der Waals surface area contributed by atoms with Crippen molar-refractivity contribution in [3.05, 3.63) is 0 Å². The van der Waals surface area contributed by atoms with Gasteiger partial charge in [-0.15, -0.1) is 0 Å². The zero-order valence-electron chi connectivity index (χ0n) is 12.1. The third-order valence-corrected chi connectivity index (χ3v) is 2.72. The smallest absolute Gasteiger partial charge is 0.237 e. The molecular formula is C12H27N5O3. The summed E-state index contributed by atoms with van der Waals surface area (Å²) in [6.07, 6.45) is -0.257. The molecule has 0 bridgehead atoms. The highest BCUT2D eigenvalue weighted by molar-refractivity contribution is 5.81. The molecule has 0 aromatic rings. The number of aliphatic imine (C=N–C) groups is 1. The summed E-state index contributed by atoms with van der Waals surface area (Å²) in [7, 11) is 0. The summed E-state index contributed by atoms with van der Waals surface area (Å²) in [6, 6.07) is -1.44. The van der Waals surface area contributed by atoms with Gasteiger partial charge in [0, 0.05) is 6.54 Å². The van der Waals surface area contributed by atoms with Crippen molar-refractivity contribution in [2.45, 2.75) is 51.5 Å². The Labute approximate surface area is 119 Å². The number of hydrogen-bond donors (Lipinski definition) is 6. The van der Waals surface area contributed by atoms with Crippen LogP contribution in [-0.2, 0) is 4.79 Å². The van der Waals surface area contributed by atoms with Crippen molar-refractivity contribution >= 4 is 11.9 Å². The van der Waals surface area contributed by atoms with Crippen molar-refractivity contribution in [1.82, 2.24) is 5.32 Å². The van der Waals surface area contributed by atoms with Crippen LogP contribution in [0, 0.1) is 5.92 Å². The van der Waals surface area contributed by atoms with E-state index in [2.05, 4.69) is 10.3 Å². The maximum atomic E-state index is 11.8. The molecule has 0 fully saturated rings. The van der Waals surface area contributed by atoms with Crippen LogP contribution in [0.5, 0.6) is 0 Å². The van der Waals surface area contributed by atoms with Gasteiger partial charge in [-0.1, -0.05) is 13.8 Å². The van der Waals surface area contributed by atoms with Crippen LogP contribution in [0.1, 0.15) is 33.1 Å². The fourth-order valence-corrected chi connectivity index (χ4v) is 1.72. The Balaban J connectivity index is 4.26. The Morgan fingerprint density at radius 1 is 1.30 bits per heavy atom. The predicted octanol–water partition coefficient (Wildman–Crippen LogP) is -1.79. The lowest BCUT2D eigenvalue weighted by Crippen LogP contribution is -2.50. The van der Waals surface area contributed by atoms with Gasteiger partial charge >= 0.3 is 0 Å². The largest absolute Gasteiger partial charge is 0.370 e. The molecule has 118 valence electrons. The van der Waals surface area contributed by atoms with Crippen LogP contribution in [0.25, 0.3) is 0 Å². The van der Waals surface area contributed by atoms with Gasteiger partial charge in [0.15, 0.2) is 12.2 Å². The van der Waals surface area contributed by atoms with E-state index in [4.69, 9.17) is 17.2 Å². The molecule has 0 radical (unpaired) electrons. The highest BCUT2D eigenvalue weighted by Crippen LogP contribution is 2.06. The maximum Gasteiger partial charge on any atom is 0.237 e. The first-order valence-electron chi connectivity index (χ1n) is 6.71. The number of aliphatic hydroxyl groups excluding tert-OH is 1. The van der Waals surface area contributed by atoms with E-state index >= 15 is 0 Å². The lowest BCUT2D eigenvalue weighted by Gasteiger charge is -2.23. The molecule has 8 nitrogen and oxygen atoms in total. The molecule has 0 aromatic carbocycles. The van der Waals surface area contributed by atoms with Crippen LogP contribution < -0.4 is 22.5 Å². The number of rotatable bonds is 9. The minimum absolute atomic E-state index is 0.0194. The molecule has 20 heavy (non-hydrogen) atoms. The van der Waals surface area contributed by atoms with E-state index in [1.807, 2.05) is 13.8 Å². The van der Waals surface area contributed by atoms with Crippen molar-refractivity contribution in [2.75, 3.05) is 6.54 Å². The van der Waals surface area contributed by atoms with Gasteiger partial charge in [0.05, 0.1) is 12.1 Å². The number of aliphatic hydroxyl groups is 2. The van der Waals surface area contributed by atoms with Crippen LogP contribution in [0.4, 0.5) is 0 Å². The molecular weight excluding hydrogens is 262 g/mol. The summed E-state index contributed by atoms with van der Waals surface area (Å²) in [6.45, 7) is 4.28. The highest BCUT2D eigenvalue weighted by Gasteiger charge is 2.22. The van der Waals surface area contributed by atoms with Crippen molar-refractivity contribution in [2.24, 2.45) is 28.1 Å².